The maximum absolute atomic E-state index is 13.5. The zero-order chi connectivity index (χ0) is 25.3. The number of fused-ring (bicyclic) bond motifs is 1. The number of methoxy groups -OCH3 is 1. The number of hydrogen-bond donors (Lipinski definition) is 1. The van der Waals surface area contributed by atoms with E-state index < -0.39 is 29.4 Å². The Labute approximate surface area is 203 Å². The van der Waals surface area contributed by atoms with E-state index >= 15 is 0 Å². The van der Waals surface area contributed by atoms with E-state index in [9.17, 15) is 9.90 Å². The van der Waals surface area contributed by atoms with Crippen LogP contribution in [0.2, 0.25) is 0 Å². The van der Waals surface area contributed by atoms with Crippen molar-refractivity contribution in [3.8, 4) is 11.5 Å². The van der Waals surface area contributed by atoms with Gasteiger partial charge < -0.3 is 24.2 Å². The maximum atomic E-state index is 13.5. The number of benzene rings is 2. The Kier molecular flexibility index (Phi) is 7.36. The highest BCUT2D eigenvalue weighted by Crippen LogP contribution is 2.47. The summed E-state index contributed by atoms with van der Waals surface area (Å²) in [6, 6.07) is 13.0. The topological polar surface area (TPSA) is 71.5 Å². The van der Waals surface area contributed by atoms with Crippen LogP contribution < -0.4 is 14.4 Å². The van der Waals surface area contributed by atoms with Gasteiger partial charge in [0.15, 0.2) is 0 Å². The van der Waals surface area contributed by atoms with Crippen molar-refractivity contribution in [3.05, 3.63) is 53.6 Å². The number of aliphatic hydroxyl groups excluding tert-OH is 1. The van der Waals surface area contributed by atoms with Crippen molar-refractivity contribution in [3.63, 3.8) is 0 Å². The first-order valence-electron chi connectivity index (χ1n) is 11.6. The average Bonchev–Trinajstić information content (AvgIpc) is 2.74. The molecule has 1 aliphatic heterocycles. The third kappa shape index (κ3) is 5.58. The first-order valence-corrected chi connectivity index (χ1v) is 11.6. The van der Waals surface area contributed by atoms with E-state index in [0.717, 1.165) is 11.3 Å². The lowest BCUT2D eigenvalue weighted by molar-refractivity contribution is -0.0938. The molecule has 1 aliphatic rings. The minimum atomic E-state index is -0.988. The van der Waals surface area contributed by atoms with Crippen molar-refractivity contribution in [2.24, 2.45) is 0 Å². The lowest BCUT2D eigenvalue weighted by Crippen LogP contribution is -2.55. The second-order valence-electron chi connectivity index (χ2n) is 10.5. The van der Waals surface area contributed by atoms with Crippen LogP contribution in [0.1, 0.15) is 51.8 Å². The molecular weight excluding hydrogens is 432 g/mol. The standard InChI is InChI=1S/C27H38N2O5/c1-26(2,3)34-25(31)29(15-14-18-12-10-9-11-13-18)23-19-16-22(32-8)20(28(6)7)17-21(19)33-27(4,5)24(23)30/h9-13,16-17,23-24,30H,14-15H2,1-8H3/t23-,24+/m0/s1. The Balaban J connectivity index is 2.11. The van der Waals surface area contributed by atoms with Crippen molar-refractivity contribution in [1.82, 2.24) is 4.90 Å². The SMILES string of the molecule is COc1cc2c(cc1N(C)C)OC(C)(C)[C@H](O)[C@H]2N(CCc1ccccc1)C(=O)OC(C)(C)C. The first kappa shape index (κ1) is 25.7. The summed E-state index contributed by atoms with van der Waals surface area (Å²) in [6.07, 6.45) is -0.850. The second kappa shape index (κ2) is 9.74. The highest BCUT2D eigenvalue weighted by Gasteiger charge is 2.48. The van der Waals surface area contributed by atoms with Crippen LogP contribution in [0.15, 0.2) is 42.5 Å². The number of carbonyl (C=O) groups excluding carboxylic acids is 1. The van der Waals surface area contributed by atoms with Gasteiger partial charge in [0.2, 0.25) is 0 Å². The van der Waals surface area contributed by atoms with Gasteiger partial charge in [0.05, 0.1) is 18.8 Å². The van der Waals surface area contributed by atoms with Crippen LogP contribution in [0.25, 0.3) is 0 Å². The monoisotopic (exact) mass is 470 g/mol. The van der Waals surface area contributed by atoms with Gasteiger partial charge in [-0.25, -0.2) is 4.79 Å². The van der Waals surface area contributed by atoms with Crippen LogP contribution in [-0.4, -0.2) is 61.2 Å². The van der Waals surface area contributed by atoms with Gasteiger partial charge in [0.1, 0.15) is 28.8 Å². The zero-order valence-electron chi connectivity index (χ0n) is 21.6. The molecule has 0 fully saturated rings. The van der Waals surface area contributed by atoms with Gasteiger partial charge in [0.25, 0.3) is 0 Å². The Hall–Kier alpha value is -2.93. The molecule has 0 spiro atoms. The minimum Gasteiger partial charge on any atom is -0.495 e. The third-order valence-corrected chi connectivity index (χ3v) is 5.94. The van der Waals surface area contributed by atoms with Gasteiger partial charge in [-0.05, 0) is 52.7 Å². The number of rotatable bonds is 6. The summed E-state index contributed by atoms with van der Waals surface area (Å²) in [4.78, 5) is 17.1. The summed E-state index contributed by atoms with van der Waals surface area (Å²) >= 11 is 0. The number of amides is 1. The summed E-state index contributed by atoms with van der Waals surface area (Å²) in [7, 11) is 5.46. The molecule has 2 aromatic carbocycles. The number of nitrogens with zero attached hydrogens (tertiary/aromatic N) is 2. The summed E-state index contributed by atoms with van der Waals surface area (Å²) in [5.41, 5.74) is 1.03. The average molecular weight is 471 g/mol. The zero-order valence-corrected chi connectivity index (χ0v) is 21.6. The molecule has 0 saturated carbocycles. The second-order valence-corrected chi connectivity index (χ2v) is 10.5. The highest BCUT2D eigenvalue weighted by molar-refractivity contribution is 5.71. The molecule has 34 heavy (non-hydrogen) atoms. The van der Waals surface area contributed by atoms with Gasteiger partial charge in [-0.1, -0.05) is 30.3 Å². The van der Waals surface area contributed by atoms with Crippen LogP contribution in [0.3, 0.4) is 0 Å². The van der Waals surface area contributed by atoms with E-state index in [0.29, 0.717) is 30.0 Å². The van der Waals surface area contributed by atoms with Crippen LogP contribution in [0, 0.1) is 0 Å². The molecule has 0 aliphatic carbocycles. The largest absolute Gasteiger partial charge is 0.495 e. The van der Waals surface area contributed by atoms with E-state index in [1.165, 1.54) is 0 Å². The van der Waals surface area contributed by atoms with Crippen LogP contribution in [0.4, 0.5) is 10.5 Å². The molecule has 186 valence electrons. The van der Waals surface area contributed by atoms with Crippen molar-refractivity contribution < 1.29 is 24.1 Å². The van der Waals surface area contributed by atoms with Crippen LogP contribution >= 0.6 is 0 Å². The van der Waals surface area contributed by atoms with Crippen molar-refractivity contribution >= 4 is 11.8 Å². The molecule has 1 heterocycles. The Bertz CT molecular complexity index is 998. The fourth-order valence-corrected chi connectivity index (χ4v) is 4.19. The summed E-state index contributed by atoms with van der Waals surface area (Å²) in [5.74, 6) is 1.24. The molecule has 0 unspecified atom stereocenters. The normalized spacial score (nSPS) is 19.0. The van der Waals surface area contributed by atoms with Crippen molar-refractivity contribution in [1.29, 1.82) is 0 Å². The highest BCUT2D eigenvalue weighted by atomic mass is 16.6. The molecule has 3 rings (SSSR count). The van der Waals surface area contributed by atoms with Crippen LogP contribution in [-0.2, 0) is 11.2 Å². The van der Waals surface area contributed by atoms with Gasteiger partial charge in [-0.15, -0.1) is 0 Å². The molecule has 0 bridgehead atoms. The molecule has 7 heteroatoms. The van der Waals surface area contributed by atoms with Crippen molar-refractivity contribution in [2.75, 3.05) is 32.6 Å². The molecule has 1 amide bonds. The van der Waals surface area contributed by atoms with E-state index in [1.54, 1.807) is 12.0 Å². The van der Waals surface area contributed by atoms with E-state index in [1.807, 2.05) is 96.1 Å². The molecule has 1 N–H and O–H groups in total. The molecule has 0 aromatic heterocycles. The van der Waals surface area contributed by atoms with Crippen molar-refractivity contribution in [2.45, 2.75) is 64.4 Å². The first-order chi connectivity index (χ1) is 15.8. The summed E-state index contributed by atoms with van der Waals surface area (Å²) in [5, 5.41) is 11.5. The summed E-state index contributed by atoms with van der Waals surface area (Å²) < 4.78 is 17.7. The number of carbonyl (C=O) groups is 1. The van der Waals surface area contributed by atoms with Gasteiger partial charge in [-0.3, -0.25) is 4.90 Å². The fourth-order valence-electron chi connectivity index (χ4n) is 4.19. The molecule has 0 radical (unpaired) electrons. The van der Waals surface area contributed by atoms with Gasteiger partial charge in [-0.2, -0.15) is 0 Å². The maximum Gasteiger partial charge on any atom is 0.410 e. The predicted molar refractivity (Wildman–Crippen MR) is 134 cm³/mol. The predicted octanol–water partition coefficient (Wildman–Crippen LogP) is 4.81. The number of aliphatic hydroxyl groups is 1. The smallest absolute Gasteiger partial charge is 0.410 e. The fraction of sp³-hybridized carbons (Fsp3) is 0.519. The molecular formula is C27H38N2O5. The minimum absolute atomic E-state index is 0.369. The van der Waals surface area contributed by atoms with Gasteiger partial charge in [0, 0.05) is 32.3 Å². The Morgan fingerprint density at radius 2 is 1.79 bits per heavy atom. The number of hydrogen-bond acceptors (Lipinski definition) is 6. The lowest BCUT2D eigenvalue weighted by atomic mass is 9.85. The Morgan fingerprint density at radius 3 is 2.35 bits per heavy atom. The lowest BCUT2D eigenvalue weighted by Gasteiger charge is -2.46. The summed E-state index contributed by atoms with van der Waals surface area (Å²) in [6.45, 7) is 9.55. The van der Waals surface area contributed by atoms with Gasteiger partial charge >= 0.3 is 6.09 Å². The number of anilines is 1. The molecule has 7 nitrogen and oxygen atoms in total. The Morgan fingerprint density at radius 1 is 1.15 bits per heavy atom. The molecule has 0 saturated heterocycles. The quantitative estimate of drug-likeness (QED) is 0.653. The van der Waals surface area contributed by atoms with Crippen LogP contribution in [0.5, 0.6) is 11.5 Å². The molecule has 2 atom stereocenters. The van der Waals surface area contributed by atoms with E-state index in [2.05, 4.69) is 0 Å². The third-order valence-electron chi connectivity index (χ3n) is 5.94. The van der Waals surface area contributed by atoms with E-state index in [-0.39, 0.29) is 0 Å². The number of ether oxygens (including phenoxy) is 3. The molecule has 2 aromatic rings. The van der Waals surface area contributed by atoms with E-state index in [4.69, 9.17) is 14.2 Å².